The largest absolute Gasteiger partial charge is 0.355 e. The van der Waals surface area contributed by atoms with Crippen LogP contribution in [0.2, 0.25) is 0 Å². The van der Waals surface area contributed by atoms with Crippen LogP contribution in [0.1, 0.15) is 32.8 Å². The predicted octanol–water partition coefficient (Wildman–Crippen LogP) is 1.82. The molecule has 0 bridgehead atoms. The van der Waals surface area contributed by atoms with Crippen molar-refractivity contribution in [3.63, 3.8) is 0 Å². The van der Waals surface area contributed by atoms with Crippen LogP contribution in [0.5, 0.6) is 0 Å². The quantitative estimate of drug-likeness (QED) is 0.846. The number of carbonyl (C=O) groups is 2. The molecule has 2 rings (SSSR count). The van der Waals surface area contributed by atoms with E-state index in [9.17, 15) is 9.59 Å². The number of hydrogen-bond acceptors (Lipinski definition) is 4. The number of carbonyl (C=O) groups excluding carboxylic acids is 2. The average Bonchev–Trinajstić information content (AvgIpc) is 3.01. The van der Waals surface area contributed by atoms with Gasteiger partial charge in [-0.25, -0.2) is 9.67 Å². The Bertz CT molecular complexity index is 672. The van der Waals surface area contributed by atoms with Gasteiger partial charge in [-0.1, -0.05) is 32.9 Å². The summed E-state index contributed by atoms with van der Waals surface area (Å²) in [6, 6.07) is 7.55. The molecule has 0 saturated carbocycles. The highest BCUT2D eigenvalue weighted by molar-refractivity contribution is 5.91. The Morgan fingerprint density at radius 3 is 2.46 bits per heavy atom. The first-order chi connectivity index (χ1) is 11.3. The highest BCUT2D eigenvalue weighted by Gasteiger charge is 2.20. The number of amides is 2. The summed E-state index contributed by atoms with van der Waals surface area (Å²) >= 11 is 0. The summed E-state index contributed by atoms with van der Waals surface area (Å²) in [5.74, 6) is -0.194. The second-order valence-corrected chi connectivity index (χ2v) is 6.59. The van der Waals surface area contributed by atoms with Crippen molar-refractivity contribution in [3.8, 4) is 0 Å². The number of rotatable bonds is 6. The summed E-state index contributed by atoms with van der Waals surface area (Å²) in [5, 5.41) is 9.62. The third kappa shape index (κ3) is 5.49. The van der Waals surface area contributed by atoms with Crippen molar-refractivity contribution in [2.24, 2.45) is 5.41 Å². The van der Waals surface area contributed by atoms with Gasteiger partial charge in [0.05, 0.1) is 6.54 Å². The van der Waals surface area contributed by atoms with Crippen molar-refractivity contribution in [2.45, 2.75) is 33.7 Å². The van der Waals surface area contributed by atoms with Crippen molar-refractivity contribution in [2.75, 3.05) is 11.9 Å². The summed E-state index contributed by atoms with van der Waals surface area (Å²) in [7, 11) is 0. The van der Waals surface area contributed by atoms with E-state index in [1.54, 1.807) is 11.0 Å². The molecule has 0 aliphatic carbocycles. The maximum Gasteiger partial charge on any atom is 0.226 e. The zero-order valence-corrected chi connectivity index (χ0v) is 14.2. The molecule has 0 saturated heterocycles. The van der Waals surface area contributed by atoms with Crippen LogP contribution in [0.4, 0.5) is 5.69 Å². The van der Waals surface area contributed by atoms with Crippen LogP contribution in [0.25, 0.3) is 0 Å². The Hall–Kier alpha value is -2.70. The zero-order chi connectivity index (χ0) is 17.6. The fraction of sp³-hybridized carbons (Fsp3) is 0.412. The number of hydrogen-bond donors (Lipinski definition) is 2. The van der Waals surface area contributed by atoms with Gasteiger partial charge in [-0.2, -0.15) is 5.10 Å². The molecule has 0 radical (unpaired) electrons. The van der Waals surface area contributed by atoms with Crippen molar-refractivity contribution in [1.29, 1.82) is 0 Å². The fourth-order valence-corrected chi connectivity index (χ4v) is 1.97. The summed E-state index contributed by atoms with van der Waals surface area (Å²) in [6.45, 7) is 6.47. The molecular weight excluding hydrogens is 306 g/mol. The minimum atomic E-state index is -0.448. The minimum Gasteiger partial charge on any atom is -0.355 e. The molecule has 24 heavy (non-hydrogen) atoms. The van der Waals surface area contributed by atoms with Gasteiger partial charge in [0.2, 0.25) is 11.8 Å². The third-order valence-electron chi connectivity index (χ3n) is 3.37. The highest BCUT2D eigenvalue weighted by atomic mass is 16.2. The lowest BCUT2D eigenvalue weighted by atomic mass is 9.96. The second-order valence-electron chi connectivity index (χ2n) is 6.59. The molecule has 7 nitrogen and oxygen atoms in total. The van der Waals surface area contributed by atoms with Crippen molar-refractivity contribution >= 4 is 17.5 Å². The first-order valence-corrected chi connectivity index (χ1v) is 7.84. The van der Waals surface area contributed by atoms with Crippen molar-refractivity contribution in [3.05, 3.63) is 42.5 Å². The highest BCUT2D eigenvalue weighted by Crippen LogP contribution is 2.13. The minimum absolute atomic E-state index is 0.0623. The maximum absolute atomic E-state index is 11.9. The lowest BCUT2D eigenvalue weighted by Gasteiger charge is -2.17. The van der Waals surface area contributed by atoms with E-state index < -0.39 is 5.41 Å². The Kier molecular flexibility index (Phi) is 5.68. The molecule has 1 heterocycles. The molecule has 128 valence electrons. The summed E-state index contributed by atoms with van der Waals surface area (Å²) < 4.78 is 1.73. The smallest absolute Gasteiger partial charge is 0.226 e. The molecule has 2 aromatic rings. The Morgan fingerprint density at radius 1 is 1.17 bits per heavy atom. The van der Waals surface area contributed by atoms with Gasteiger partial charge in [-0.15, -0.1) is 0 Å². The van der Waals surface area contributed by atoms with Crippen LogP contribution >= 0.6 is 0 Å². The fourth-order valence-electron chi connectivity index (χ4n) is 1.97. The molecule has 0 fully saturated rings. The van der Waals surface area contributed by atoms with Crippen LogP contribution in [-0.4, -0.2) is 33.1 Å². The Morgan fingerprint density at radius 2 is 1.88 bits per heavy atom. The Labute approximate surface area is 141 Å². The van der Waals surface area contributed by atoms with E-state index in [1.807, 2.05) is 45.0 Å². The normalized spacial score (nSPS) is 11.1. The van der Waals surface area contributed by atoms with Crippen LogP contribution in [0.3, 0.4) is 0 Å². The van der Waals surface area contributed by atoms with E-state index in [-0.39, 0.29) is 18.2 Å². The molecule has 7 heteroatoms. The molecule has 2 N–H and O–H groups in total. The molecule has 0 atom stereocenters. The van der Waals surface area contributed by atoms with E-state index in [4.69, 9.17) is 0 Å². The summed E-state index contributed by atoms with van der Waals surface area (Å²) in [6.07, 6.45) is 3.39. The molecule has 1 aromatic carbocycles. The number of aromatic nitrogens is 3. The zero-order valence-electron chi connectivity index (χ0n) is 14.2. The summed E-state index contributed by atoms with van der Waals surface area (Å²) in [5.41, 5.74) is 1.34. The maximum atomic E-state index is 11.9. The topological polar surface area (TPSA) is 88.9 Å². The Balaban J connectivity index is 1.76. The van der Waals surface area contributed by atoms with E-state index in [0.29, 0.717) is 13.1 Å². The van der Waals surface area contributed by atoms with Gasteiger partial charge >= 0.3 is 0 Å². The van der Waals surface area contributed by atoms with E-state index in [0.717, 1.165) is 11.3 Å². The second kappa shape index (κ2) is 7.72. The molecule has 0 unspecified atom stereocenters. The molecule has 1 aromatic heterocycles. The summed E-state index contributed by atoms with van der Waals surface area (Å²) in [4.78, 5) is 27.5. The number of nitrogens with one attached hydrogen (secondary N) is 2. The number of anilines is 1. The van der Waals surface area contributed by atoms with E-state index in [1.165, 1.54) is 6.33 Å². The van der Waals surface area contributed by atoms with Gasteiger partial charge in [0, 0.05) is 24.1 Å². The molecule has 2 amide bonds. The van der Waals surface area contributed by atoms with E-state index >= 15 is 0 Å². The van der Waals surface area contributed by atoms with Gasteiger partial charge in [0.1, 0.15) is 12.7 Å². The molecule has 0 spiro atoms. The van der Waals surface area contributed by atoms with Gasteiger partial charge in [-0.05, 0) is 17.7 Å². The van der Waals surface area contributed by atoms with Gasteiger partial charge in [0.25, 0.3) is 0 Å². The monoisotopic (exact) mass is 329 g/mol. The van der Waals surface area contributed by atoms with Crippen LogP contribution in [0, 0.1) is 5.41 Å². The van der Waals surface area contributed by atoms with E-state index in [2.05, 4.69) is 20.7 Å². The molecular formula is C17H23N5O2. The van der Waals surface area contributed by atoms with Gasteiger partial charge in [-0.3, -0.25) is 9.59 Å². The predicted molar refractivity (Wildman–Crippen MR) is 91.3 cm³/mol. The van der Waals surface area contributed by atoms with Crippen LogP contribution < -0.4 is 10.6 Å². The average molecular weight is 329 g/mol. The van der Waals surface area contributed by atoms with Crippen molar-refractivity contribution < 1.29 is 9.59 Å². The lowest BCUT2D eigenvalue weighted by molar-refractivity contribution is -0.128. The molecule has 0 aliphatic rings. The first-order valence-electron chi connectivity index (χ1n) is 7.84. The van der Waals surface area contributed by atoms with Crippen molar-refractivity contribution in [1.82, 2.24) is 20.1 Å². The number of benzene rings is 1. The molecule has 0 aliphatic heterocycles. The first kappa shape index (κ1) is 17.7. The third-order valence-corrected chi connectivity index (χ3v) is 3.37. The van der Waals surface area contributed by atoms with Crippen LogP contribution in [0.15, 0.2) is 36.9 Å². The lowest BCUT2D eigenvalue weighted by Crippen LogP contribution is -2.36. The SMILES string of the molecule is CC(C)(C)C(=O)NCCC(=O)Nc1ccc(Cn2cncn2)cc1. The standard InChI is InChI=1S/C17H23N5O2/c1-17(2,3)16(24)19-9-8-15(23)21-14-6-4-13(5-7-14)10-22-12-18-11-20-22/h4-7,11-12H,8-10H2,1-3H3,(H,19,24)(H,21,23). The number of nitrogens with zero attached hydrogens (tertiary/aromatic N) is 3. The van der Waals surface area contributed by atoms with Gasteiger partial charge in [0.15, 0.2) is 0 Å². The van der Waals surface area contributed by atoms with Gasteiger partial charge < -0.3 is 10.6 Å². The van der Waals surface area contributed by atoms with Crippen LogP contribution in [-0.2, 0) is 16.1 Å².